The van der Waals surface area contributed by atoms with E-state index >= 15 is 0 Å². The highest BCUT2D eigenvalue weighted by molar-refractivity contribution is 5.79. The van der Waals surface area contributed by atoms with Crippen molar-refractivity contribution < 1.29 is 13.5 Å². The maximum Gasteiger partial charge on any atom is 0.267 e. The molecule has 1 aromatic heterocycles. The van der Waals surface area contributed by atoms with Gasteiger partial charge in [-0.15, -0.1) is 0 Å². The van der Waals surface area contributed by atoms with Gasteiger partial charge in [-0.05, 0) is 43.1 Å². The molecule has 0 saturated carbocycles. The third-order valence-corrected chi connectivity index (χ3v) is 4.97. The van der Waals surface area contributed by atoms with Crippen molar-refractivity contribution in [3.05, 3.63) is 29.5 Å². The van der Waals surface area contributed by atoms with E-state index in [1.165, 1.54) is 0 Å². The maximum absolute atomic E-state index is 14.7. The number of halogens is 2. The molecule has 1 aromatic carbocycles. The summed E-state index contributed by atoms with van der Waals surface area (Å²) >= 11 is 0. The standard InChI is InChI=1S/C16H19F2N3O/c1-10-4-11-6-19-20-15(11)5-13(10)14-2-3-21(9-16(14,17)18)12-7-22-8-12/h4-6,12,14H,2-3,7-9H2,1H3,(H,19,20). The van der Waals surface area contributed by atoms with Crippen molar-refractivity contribution in [1.29, 1.82) is 0 Å². The molecular formula is C16H19F2N3O. The van der Waals surface area contributed by atoms with Crippen LogP contribution in [0.5, 0.6) is 0 Å². The van der Waals surface area contributed by atoms with E-state index in [4.69, 9.17) is 4.74 Å². The molecule has 0 spiro atoms. The van der Waals surface area contributed by atoms with Gasteiger partial charge in [0.15, 0.2) is 0 Å². The van der Waals surface area contributed by atoms with E-state index in [9.17, 15) is 8.78 Å². The van der Waals surface area contributed by atoms with Crippen molar-refractivity contribution >= 4 is 10.9 Å². The molecule has 118 valence electrons. The average Bonchev–Trinajstić information content (AvgIpc) is 2.82. The molecule has 1 N–H and O–H groups in total. The molecule has 22 heavy (non-hydrogen) atoms. The third kappa shape index (κ3) is 2.21. The maximum atomic E-state index is 14.7. The Morgan fingerprint density at radius 1 is 1.36 bits per heavy atom. The highest BCUT2D eigenvalue weighted by atomic mass is 19.3. The lowest BCUT2D eigenvalue weighted by Crippen LogP contribution is -2.57. The molecule has 0 aliphatic carbocycles. The molecule has 2 aliphatic heterocycles. The van der Waals surface area contributed by atoms with Crippen LogP contribution in [0.25, 0.3) is 10.9 Å². The van der Waals surface area contributed by atoms with Crippen molar-refractivity contribution in [1.82, 2.24) is 15.1 Å². The second-order valence-corrected chi connectivity index (χ2v) is 6.43. The summed E-state index contributed by atoms with van der Waals surface area (Å²) in [6.45, 7) is 3.60. The highest BCUT2D eigenvalue weighted by Gasteiger charge is 2.48. The van der Waals surface area contributed by atoms with Crippen LogP contribution in [0.1, 0.15) is 23.5 Å². The second kappa shape index (κ2) is 4.99. The predicted molar refractivity (Wildman–Crippen MR) is 79.3 cm³/mol. The van der Waals surface area contributed by atoms with Crippen LogP contribution < -0.4 is 0 Å². The smallest absolute Gasteiger partial charge is 0.267 e. The van der Waals surface area contributed by atoms with Gasteiger partial charge < -0.3 is 4.74 Å². The predicted octanol–water partition coefficient (Wildman–Crippen LogP) is 2.69. The minimum Gasteiger partial charge on any atom is -0.378 e. The number of nitrogens with one attached hydrogen (secondary N) is 1. The van der Waals surface area contributed by atoms with Gasteiger partial charge in [0.05, 0.1) is 43.4 Å². The van der Waals surface area contributed by atoms with Crippen LogP contribution in [-0.2, 0) is 4.74 Å². The third-order valence-electron chi connectivity index (χ3n) is 4.97. The average molecular weight is 307 g/mol. The number of aryl methyl sites for hydroxylation is 1. The quantitative estimate of drug-likeness (QED) is 0.927. The number of hydrogen-bond acceptors (Lipinski definition) is 3. The molecular weight excluding hydrogens is 288 g/mol. The largest absolute Gasteiger partial charge is 0.378 e. The summed E-state index contributed by atoms with van der Waals surface area (Å²) in [5, 5.41) is 7.83. The first kappa shape index (κ1) is 14.1. The Labute approximate surface area is 127 Å². The molecule has 4 nitrogen and oxygen atoms in total. The number of aromatic amines is 1. The van der Waals surface area contributed by atoms with Gasteiger partial charge in [0.25, 0.3) is 5.92 Å². The lowest BCUT2D eigenvalue weighted by atomic mass is 9.83. The lowest BCUT2D eigenvalue weighted by Gasteiger charge is -2.45. The van der Waals surface area contributed by atoms with Crippen molar-refractivity contribution in [2.24, 2.45) is 0 Å². The molecule has 0 radical (unpaired) electrons. The van der Waals surface area contributed by atoms with Crippen molar-refractivity contribution in [2.45, 2.75) is 31.2 Å². The molecule has 1 unspecified atom stereocenters. The van der Waals surface area contributed by atoms with Gasteiger partial charge in [-0.25, -0.2) is 8.78 Å². The van der Waals surface area contributed by atoms with Crippen LogP contribution in [0.2, 0.25) is 0 Å². The molecule has 1 atom stereocenters. The number of ether oxygens (including phenoxy) is 1. The van der Waals surface area contributed by atoms with Crippen LogP contribution in [0.15, 0.2) is 18.3 Å². The first-order valence-corrected chi connectivity index (χ1v) is 7.68. The van der Waals surface area contributed by atoms with E-state index in [1.807, 2.05) is 24.0 Å². The molecule has 0 bridgehead atoms. The zero-order valence-electron chi connectivity index (χ0n) is 12.5. The van der Waals surface area contributed by atoms with Gasteiger partial charge >= 0.3 is 0 Å². The zero-order chi connectivity index (χ0) is 15.3. The molecule has 6 heteroatoms. The first-order valence-electron chi connectivity index (χ1n) is 7.68. The number of hydrogen-bond donors (Lipinski definition) is 1. The molecule has 4 rings (SSSR count). The summed E-state index contributed by atoms with van der Waals surface area (Å²) < 4.78 is 34.6. The summed E-state index contributed by atoms with van der Waals surface area (Å²) in [6.07, 6.45) is 2.20. The number of aromatic nitrogens is 2. The number of nitrogens with zero attached hydrogens (tertiary/aromatic N) is 2. The molecule has 2 aromatic rings. The minimum absolute atomic E-state index is 0.169. The summed E-state index contributed by atoms with van der Waals surface area (Å²) in [4.78, 5) is 1.88. The van der Waals surface area contributed by atoms with E-state index in [1.54, 1.807) is 6.20 Å². The monoisotopic (exact) mass is 307 g/mol. The molecule has 0 amide bonds. The fraction of sp³-hybridized carbons (Fsp3) is 0.562. The van der Waals surface area contributed by atoms with Crippen LogP contribution in [0.3, 0.4) is 0 Å². The Hall–Kier alpha value is -1.53. The number of likely N-dealkylation sites (tertiary alicyclic amines) is 1. The topological polar surface area (TPSA) is 41.2 Å². The summed E-state index contributed by atoms with van der Waals surface area (Å²) in [5.74, 6) is -3.44. The number of H-pyrrole nitrogens is 1. The Kier molecular flexibility index (Phi) is 3.20. The molecule has 2 saturated heterocycles. The number of alkyl halides is 2. The number of benzene rings is 1. The van der Waals surface area contributed by atoms with Crippen LogP contribution >= 0.6 is 0 Å². The van der Waals surface area contributed by atoms with E-state index in [0.717, 1.165) is 22.0 Å². The number of piperidine rings is 1. The van der Waals surface area contributed by atoms with Crippen LogP contribution in [-0.4, -0.2) is 53.4 Å². The Morgan fingerprint density at radius 2 is 2.18 bits per heavy atom. The Balaban J connectivity index is 1.64. The summed E-state index contributed by atoms with van der Waals surface area (Å²) in [6, 6.07) is 3.96. The SMILES string of the molecule is Cc1cc2cn[nH]c2cc1C1CCN(C2COC2)CC1(F)F. The lowest BCUT2D eigenvalue weighted by molar-refractivity contribution is -0.136. The molecule has 2 fully saturated rings. The van der Waals surface area contributed by atoms with Crippen LogP contribution in [0, 0.1) is 6.92 Å². The fourth-order valence-electron chi connectivity index (χ4n) is 3.59. The summed E-state index contributed by atoms with van der Waals surface area (Å²) in [5.41, 5.74) is 2.48. The minimum atomic E-state index is -2.72. The van der Waals surface area contributed by atoms with Gasteiger partial charge in [0.2, 0.25) is 0 Å². The fourth-order valence-corrected chi connectivity index (χ4v) is 3.59. The van der Waals surface area contributed by atoms with Crippen molar-refractivity contribution in [3.8, 4) is 0 Å². The van der Waals surface area contributed by atoms with Gasteiger partial charge in [0.1, 0.15) is 0 Å². The normalized spacial score (nSPS) is 26.2. The molecule has 3 heterocycles. The van der Waals surface area contributed by atoms with E-state index < -0.39 is 11.8 Å². The van der Waals surface area contributed by atoms with Gasteiger partial charge in [0, 0.05) is 5.39 Å². The van der Waals surface area contributed by atoms with E-state index in [-0.39, 0.29) is 12.6 Å². The Morgan fingerprint density at radius 3 is 2.86 bits per heavy atom. The zero-order valence-corrected chi connectivity index (χ0v) is 12.5. The molecule has 2 aliphatic rings. The Bertz CT molecular complexity index is 696. The van der Waals surface area contributed by atoms with E-state index in [0.29, 0.717) is 26.2 Å². The highest BCUT2D eigenvalue weighted by Crippen LogP contribution is 2.43. The van der Waals surface area contributed by atoms with Gasteiger partial charge in [-0.2, -0.15) is 5.10 Å². The second-order valence-electron chi connectivity index (χ2n) is 6.43. The number of fused-ring (bicyclic) bond motifs is 1. The number of rotatable bonds is 2. The van der Waals surface area contributed by atoms with Gasteiger partial charge in [-0.3, -0.25) is 10.00 Å². The van der Waals surface area contributed by atoms with Crippen molar-refractivity contribution in [2.75, 3.05) is 26.3 Å². The van der Waals surface area contributed by atoms with E-state index in [2.05, 4.69) is 10.2 Å². The van der Waals surface area contributed by atoms with Crippen molar-refractivity contribution in [3.63, 3.8) is 0 Å². The first-order chi connectivity index (χ1) is 10.5. The van der Waals surface area contributed by atoms with Crippen LogP contribution in [0.4, 0.5) is 8.78 Å². The van der Waals surface area contributed by atoms with Gasteiger partial charge in [-0.1, -0.05) is 0 Å². The summed E-state index contributed by atoms with van der Waals surface area (Å²) in [7, 11) is 0.